The SMILES string of the molecule is CN1CC[C@@H](/C=C/CC(=O)c2ccc3c(c2F)OCCO3)C[C@@H]1c1nc2ccccc2[nH]1. The number of H-pyrrole nitrogens is 1. The van der Waals surface area contributed by atoms with Crippen molar-refractivity contribution < 1.29 is 18.7 Å². The molecular formula is C25H26FN3O3. The number of nitrogens with one attached hydrogen (secondary N) is 1. The number of benzene rings is 2. The first kappa shape index (κ1) is 20.7. The van der Waals surface area contributed by atoms with E-state index in [2.05, 4.69) is 23.0 Å². The molecule has 6 nitrogen and oxygen atoms in total. The zero-order valence-electron chi connectivity index (χ0n) is 18.0. The Bertz CT molecular complexity index is 1140. The highest BCUT2D eigenvalue weighted by Gasteiger charge is 2.28. The number of likely N-dealkylation sites (tertiary alicyclic amines) is 1. The number of ketones is 1. The van der Waals surface area contributed by atoms with Gasteiger partial charge < -0.3 is 14.5 Å². The van der Waals surface area contributed by atoms with Crippen molar-refractivity contribution >= 4 is 16.8 Å². The van der Waals surface area contributed by atoms with Crippen LogP contribution in [0.3, 0.4) is 0 Å². The normalized spacial score (nSPS) is 21.3. The molecule has 0 aliphatic carbocycles. The summed E-state index contributed by atoms with van der Waals surface area (Å²) in [6, 6.07) is 11.3. The van der Waals surface area contributed by atoms with Gasteiger partial charge in [0.2, 0.25) is 0 Å². The van der Waals surface area contributed by atoms with E-state index in [0.29, 0.717) is 18.3 Å². The third kappa shape index (κ3) is 4.00. The van der Waals surface area contributed by atoms with Crippen LogP contribution in [0.5, 0.6) is 11.5 Å². The molecule has 0 saturated carbocycles. The molecule has 0 spiro atoms. The average Bonchev–Trinajstić information content (AvgIpc) is 3.24. The Kier molecular flexibility index (Phi) is 5.66. The Morgan fingerprint density at radius 1 is 1.25 bits per heavy atom. The van der Waals surface area contributed by atoms with Crippen molar-refractivity contribution in [3.05, 3.63) is 65.8 Å². The minimum Gasteiger partial charge on any atom is -0.486 e. The summed E-state index contributed by atoms with van der Waals surface area (Å²) in [6.45, 7) is 1.61. The van der Waals surface area contributed by atoms with Crippen molar-refractivity contribution in [2.24, 2.45) is 5.92 Å². The molecule has 2 aromatic carbocycles. The van der Waals surface area contributed by atoms with Gasteiger partial charge in [-0.15, -0.1) is 0 Å². The van der Waals surface area contributed by atoms with Crippen LogP contribution in [0.1, 0.15) is 41.5 Å². The van der Waals surface area contributed by atoms with Gasteiger partial charge in [-0.05, 0) is 56.6 Å². The number of carbonyl (C=O) groups excluding carboxylic acids is 1. The fourth-order valence-corrected chi connectivity index (χ4v) is 4.51. The van der Waals surface area contributed by atoms with Crippen LogP contribution in [-0.2, 0) is 0 Å². The van der Waals surface area contributed by atoms with Gasteiger partial charge in [0, 0.05) is 6.42 Å². The van der Waals surface area contributed by atoms with Crippen LogP contribution < -0.4 is 9.47 Å². The third-order valence-electron chi connectivity index (χ3n) is 6.29. The first-order valence-electron chi connectivity index (χ1n) is 11.0. The number of ether oxygens (including phenoxy) is 2. The number of carbonyl (C=O) groups is 1. The van der Waals surface area contributed by atoms with Crippen LogP contribution in [0, 0.1) is 11.7 Å². The zero-order chi connectivity index (χ0) is 22.1. The van der Waals surface area contributed by atoms with Gasteiger partial charge in [-0.1, -0.05) is 24.3 Å². The molecule has 1 aromatic heterocycles. The second-order valence-corrected chi connectivity index (χ2v) is 8.43. The molecule has 1 fully saturated rings. The standard InChI is InChI=1S/C25H26FN3O3/c1-29-12-11-16(15-20(29)25-27-18-6-2-3-7-19(18)28-25)5-4-8-21(30)17-9-10-22-24(23(17)26)32-14-13-31-22/h2-7,9-10,16,20H,8,11-15H2,1H3,(H,27,28)/b5-4+/t16-,20-/m1/s1. The number of para-hydroxylation sites is 2. The largest absolute Gasteiger partial charge is 0.486 e. The number of hydrogen-bond acceptors (Lipinski definition) is 5. The lowest BCUT2D eigenvalue weighted by Gasteiger charge is -2.35. The molecule has 32 heavy (non-hydrogen) atoms. The molecule has 0 bridgehead atoms. The summed E-state index contributed by atoms with van der Waals surface area (Å²) in [4.78, 5) is 23.2. The lowest BCUT2D eigenvalue weighted by Crippen LogP contribution is -2.33. The molecule has 3 heterocycles. The van der Waals surface area contributed by atoms with E-state index in [0.717, 1.165) is 36.2 Å². The summed E-state index contributed by atoms with van der Waals surface area (Å²) in [6.07, 6.45) is 6.04. The number of allylic oxidation sites excluding steroid dienone is 2. The zero-order valence-corrected chi connectivity index (χ0v) is 18.0. The topological polar surface area (TPSA) is 67.5 Å². The number of piperidine rings is 1. The summed E-state index contributed by atoms with van der Waals surface area (Å²) >= 11 is 0. The molecule has 2 aliphatic heterocycles. The van der Waals surface area contributed by atoms with Crippen LogP contribution in [-0.4, -0.2) is 47.5 Å². The number of halogens is 1. The Balaban J connectivity index is 1.25. The monoisotopic (exact) mass is 435 g/mol. The number of aromatic nitrogens is 2. The fraction of sp³-hybridized carbons (Fsp3) is 0.360. The molecule has 0 amide bonds. The van der Waals surface area contributed by atoms with Gasteiger partial charge >= 0.3 is 0 Å². The summed E-state index contributed by atoms with van der Waals surface area (Å²) in [5, 5.41) is 0. The van der Waals surface area contributed by atoms with Crippen molar-refractivity contribution in [3.63, 3.8) is 0 Å². The Labute approximate surface area is 186 Å². The van der Waals surface area contributed by atoms with Crippen molar-refractivity contribution in [2.45, 2.75) is 25.3 Å². The number of nitrogens with zero attached hydrogens (tertiary/aromatic N) is 2. The first-order valence-corrected chi connectivity index (χ1v) is 11.0. The second-order valence-electron chi connectivity index (χ2n) is 8.43. The highest BCUT2D eigenvalue weighted by Crippen LogP contribution is 2.36. The van der Waals surface area contributed by atoms with Gasteiger partial charge in [-0.3, -0.25) is 9.69 Å². The quantitative estimate of drug-likeness (QED) is 0.465. The minimum absolute atomic E-state index is 0.0371. The maximum atomic E-state index is 14.7. The van der Waals surface area contributed by atoms with Gasteiger partial charge in [0.15, 0.2) is 23.1 Å². The number of Topliss-reactive ketones (excluding diaryl/α,β-unsaturated/α-hetero) is 1. The molecule has 2 atom stereocenters. The van der Waals surface area contributed by atoms with E-state index in [1.807, 2.05) is 30.3 Å². The molecular weight excluding hydrogens is 409 g/mol. The van der Waals surface area contributed by atoms with E-state index in [-0.39, 0.29) is 36.2 Å². The van der Waals surface area contributed by atoms with Crippen LogP contribution in [0.25, 0.3) is 11.0 Å². The molecule has 166 valence electrons. The molecule has 3 aromatic rings. The minimum atomic E-state index is -0.634. The van der Waals surface area contributed by atoms with E-state index in [9.17, 15) is 9.18 Å². The molecule has 0 unspecified atom stereocenters. The van der Waals surface area contributed by atoms with Crippen molar-refractivity contribution in [2.75, 3.05) is 26.8 Å². The fourth-order valence-electron chi connectivity index (χ4n) is 4.51. The van der Waals surface area contributed by atoms with Gasteiger partial charge in [0.05, 0.1) is 22.6 Å². The van der Waals surface area contributed by atoms with Gasteiger partial charge in [-0.25, -0.2) is 9.37 Å². The van der Waals surface area contributed by atoms with Crippen molar-refractivity contribution in [1.82, 2.24) is 14.9 Å². The summed E-state index contributed by atoms with van der Waals surface area (Å²) in [5.41, 5.74) is 2.06. The van der Waals surface area contributed by atoms with Crippen LogP contribution >= 0.6 is 0 Å². The number of aromatic amines is 1. The van der Waals surface area contributed by atoms with E-state index < -0.39 is 5.82 Å². The third-order valence-corrected chi connectivity index (χ3v) is 6.29. The van der Waals surface area contributed by atoms with E-state index in [1.54, 1.807) is 6.07 Å². The van der Waals surface area contributed by atoms with Crippen LogP contribution in [0.4, 0.5) is 4.39 Å². The molecule has 5 rings (SSSR count). The highest BCUT2D eigenvalue weighted by atomic mass is 19.1. The van der Waals surface area contributed by atoms with Crippen LogP contribution in [0.2, 0.25) is 0 Å². The Hall–Kier alpha value is -3.19. The number of fused-ring (bicyclic) bond motifs is 2. The Morgan fingerprint density at radius 2 is 2.09 bits per heavy atom. The molecule has 2 aliphatic rings. The Morgan fingerprint density at radius 3 is 2.97 bits per heavy atom. The predicted molar refractivity (Wildman–Crippen MR) is 120 cm³/mol. The maximum absolute atomic E-state index is 14.7. The predicted octanol–water partition coefficient (Wildman–Crippen LogP) is 4.69. The van der Waals surface area contributed by atoms with Gasteiger partial charge in [-0.2, -0.15) is 0 Å². The van der Waals surface area contributed by atoms with Crippen molar-refractivity contribution in [3.8, 4) is 11.5 Å². The molecule has 0 radical (unpaired) electrons. The smallest absolute Gasteiger partial charge is 0.197 e. The summed E-state index contributed by atoms with van der Waals surface area (Å²) in [5.74, 6) is 0.796. The van der Waals surface area contributed by atoms with Crippen LogP contribution in [0.15, 0.2) is 48.6 Å². The maximum Gasteiger partial charge on any atom is 0.197 e. The highest BCUT2D eigenvalue weighted by molar-refractivity contribution is 5.98. The van der Waals surface area contributed by atoms with E-state index >= 15 is 0 Å². The lowest BCUT2D eigenvalue weighted by molar-refractivity contribution is 0.0988. The second kappa shape index (κ2) is 8.74. The summed E-state index contributed by atoms with van der Waals surface area (Å²) < 4.78 is 25.4. The molecule has 1 N–H and O–H groups in total. The van der Waals surface area contributed by atoms with E-state index in [1.165, 1.54) is 6.07 Å². The lowest BCUT2D eigenvalue weighted by atomic mass is 9.90. The van der Waals surface area contributed by atoms with E-state index in [4.69, 9.17) is 14.5 Å². The number of rotatable bonds is 5. The van der Waals surface area contributed by atoms with Gasteiger partial charge in [0.25, 0.3) is 0 Å². The molecule has 1 saturated heterocycles. The summed E-state index contributed by atoms with van der Waals surface area (Å²) in [7, 11) is 2.12. The number of imidazole rings is 1. The molecule has 7 heteroatoms. The average molecular weight is 435 g/mol. The first-order chi connectivity index (χ1) is 15.6. The van der Waals surface area contributed by atoms with Gasteiger partial charge in [0.1, 0.15) is 19.0 Å². The van der Waals surface area contributed by atoms with Crippen molar-refractivity contribution in [1.29, 1.82) is 0 Å². The number of hydrogen-bond donors (Lipinski definition) is 1.